The van der Waals surface area contributed by atoms with Crippen molar-refractivity contribution in [2.75, 3.05) is 0 Å². The summed E-state index contributed by atoms with van der Waals surface area (Å²) < 4.78 is 151. The number of rotatable bonds is 8. The van der Waals surface area contributed by atoms with Crippen molar-refractivity contribution in [2.24, 2.45) is 5.41 Å². The van der Waals surface area contributed by atoms with Crippen LogP contribution in [0.5, 0.6) is 11.5 Å². The monoisotopic (exact) mass is 1070 g/mol. The highest BCUT2D eigenvalue weighted by atomic mass is 16.5. The van der Waals surface area contributed by atoms with Gasteiger partial charge in [0.05, 0.1) is 62.9 Å². The van der Waals surface area contributed by atoms with E-state index in [1.54, 1.807) is 53.2 Å². The normalized spacial score (nSPS) is 14.8. The minimum Gasteiger partial charge on any atom is -0.458 e. The van der Waals surface area contributed by atoms with Crippen LogP contribution in [-0.4, -0.2) is 14.1 Å². The molecular formula is C76H59N5O. The van der Waals surface area contributed by atoms with E-state index >= 15 is 0 Å². The van der Waals surface area contributed by atoms with Crippen LogP contribution in [0.4, 0.5) is 0 Å². The first-order chi connectivity index (χ1) is 46.0. The van der Waals surface area contributed by atoms with Gasteiger partial charge in [0.1, 0.15) is 17.3 Å². The van der Waals surface area contributed by atoms with Gasteiger partial charge in [-0.3, -0.25) is 13.7 Å². The van der Waals surface area contributed by atoms with Gasteiger partial charge in [0.25, 0.3) is 6.33 Å². The molecule has 394 valence electrons. The van der Waals surface area contributed by atoms with Crippen molar-refractivity contribution in [1.29, 1.82) is 5.26 Å². The Kier molecular flexibility index (Phi) is 8.67. The van der Waals surface area contributed by atoms with Gasteiger partial charge in [0.15, 0.2) is 0 Å². The SMILES string of the molecule is [2H]c1c([2H])c([2H])c(-c2c([2H])c(-c3cccc4c3-[n+]3[c-]n(-c5cc(C#N)cc(Oc6ccc7c8ccccc8n(-c8cc(C([2H])([2H])C(C)(C)C)ccn8)c7c6)c5)c5cccc(c53)-c3ccccc3-c3ccc(C(C)(C)C)cc3-4)c([2H])c(-c3c([2H])c([2H])c([2H])c([2H])c3[2H])c2[2H])c([2H])c1[2H]. The second kappa shape index (κ2) is 19.6. The summed E-state index contributed by atoms with van der Waals surface area (Å²) in [6.45, 7) is 11.9. The van der Waals surface area contributed by atoms with Gasteiger partial charge in [-0.05, 0) is 162 Å². The number of aromatic nitrogens is 4. The maximum atomic E-state index is 10.9. The molecule has 6 heteroatoms. The first kappa shape index (κ1) is 36.2. The number of nitrogens with zero attached hydrogens (tertiary/aromatic N) is 5. The molecule has 6 nitrogen and oxygen atoms in total. The average Bonchev–Trinajstić information content (AvgIpc) is 1.71. The fourth-order valence-electron chi connectivity index (χ4n) is 11.2. The van der Waals surface area contributed by atoms with Crippen LogP contribution in [0.25, 0.3) is 117 Å². The first-order valence-corrected chi connectivity index (χ1v) is 26.9. The summed E-state index contributed by atoms with van der Waals surface area (Å²) in [5.74, 6) is 1.19. The van der Waals surface area contributed by atoms with Crippen LogP contribution in [0.3, 0.4) is 0 Å². The smallest absolute Gasteiger partial charge is 0.269 e. The second-order valence-electron chi connectivity index (χ2n) is 22.4. The largest absolute Gasteiger partial charge is 0.458 e. The third-order valence-corrected chi connectivity index (χ3v) is 14.8. The number of pyridine rings is 1. The summed E-state index contributed by atoms with van der Waals surface area (Å²) in [4.78, 5) is 4.79. The van der Waals surface area contributed by atoms with Crippen molar-refractivity contribution < 1.29 is 29.9 Å². The quantitative estimate of drug-likeness (QED) is 0.113. The fourth-order valence-corrected chi connectivity index (χ4v) is 11.2. The number of hydrogen-bond donors (Lipinski definition) is 0. The molecule has 0 aliphatic carbocycles. The summed E-state index contributed by atoms with van der Waals surface area (Å²) in [5.41, 5.74) is 6.00. The Labute approximate surface area is 500 Å². The third kappa shape index (κ3) is 8.92. The molecule has 0 saturated carbocycles. The molecule has 0 atom stereocenters. The van der Waals surface area contributed by atoms with E-state index in [9.17, 15) is 14.9 Å². The molecule has 1 aliphatic rings. The Morgan fingerprint density at radius 1 is 0.561 bits per heavy atom. The maximum Gasteiger partial charge on any atom is 0.269 e. The van der Waals surface area contributed by atoms with Gasteiger partial charge in [-0.25, -0.2) is 4.98 Å². The van der Waals surface area contributed by atoms with Gasteiger partial charge in [-0.1, -0.05) is 199 Å². The molecule has 13 aromatic rings. The third-order valence-electron chi connectivity index (χ3n) is 14.8. The van der Waals surface area contributed by atoms with E-state index in [0.717, 1.165) is 44.1 Å². The van der Waals surface area contributed by atoms with Crippen molar-refractivity contribution in [3.8, 4) is 102 Å². The predicted octanol–water partition coefficient (Wildman–Crippen LogP) is 19.1. The standard InChI is InChI=1S/C76H59N5O/c1-75(2,3)46-49-35-36-78-72(39-49)81-69-29-16-15-25-64(69)65-34-32-58(45-71(65)81)82-59-38-50(47-77)37-57(44-59)79-48-80-73-60(55-41-53(51-19-9-7-10-20-51)40-54(42-55)52-21-11-8-12-22-52)26-17-27-67(73)68-43-56(76(4,5)6)31-33-63(68)61-23-13-14-24-62(61)66-28-18-30-70(79)74(66)80/h7-45H,46H2,1-6H3/i7D,8D,9D,10D,11D,12D,19D,20D,21D,22D,40D,41D,42D,46D2. The first-order valence-electron chi connectivity index (χ1n) is 34.4. The van der Waals surface area contributed by atoms with Gasteiger partial charge < -0.3 is 4.74 Å². The lowest BCUT2D eigenvalue weighted by Crippen LogP contribution is -2.32. The average molecular weight is 1070 g/mol. The topological polar surface area (TPSA) is 59.6 Å². The molecule has 82 heavy (non-hydrogen) atoms. The van der Waals surface area contributed by atoms with E-state index in [0.29, 0.717) is 56.2 Å². The zero-order chi connectivity index (χ0) is 69.0. The lowest BCUT2D eigenvalue weighted by atomic mass is 9.81. The predicted molar refractivity (Wildman–Crippen MR) is 335 cm³/mol. The number of benzene rings is 10. The van der Waals surface area contributed by atoms with Gasteiger partial charge in [-0.15, -0.1) is 0 Å². The summed E-state index contributed by atoms with van der Waals surface area (Å²) in [6.07, 6.45) is 3.59. The van der Waals surface area contributed by atoms with E-state index in [4.69, 9.17) is 20.7 Å². The lowest BCUT2D eigenvalue weighted by Gasteiger charge is -2.24. The molecule has 0 amide bonds. The van der Waals surface area contributed by atoms with E-state index in [2.05, 4.69) is 51.4 Å². The molecule has 0 unspecified atom stereocenters. The molecule has 0 bridgehead atoms. The number of fused-ring (bicyclic) bond motifs is 10. The summed E-state index contributed by atoms with van der Waals surface area (Å²) in [7, 11) is 0. The Balaban J connectivity index is 1.06. The van der Waals surface area contributed by atoms with Crippen molar-refractivity contribution >= 4 is 32.8 Å². The number of imidazole rings is 1. The van der Waals surface area contributed by atoms with Crippen molar-refractivity contribution in [2.45, 2.75) is 53.3 Å². The molecule has 4 heterocycles. The van der Waals surface area contributed by atoms with E-state index < -0.39 is 118 Å². The highest BCUT2D eigenvalue weighted by Crippen LogP contribution is 2.47. The Morgan fingerprint density at radius 2 is 1.20 bits per heavy atom. The van der Waals surface area contributed by atoms with Crippen molar-refractivity contribution in [3.63, 3.8) is 0 Å². The number of nitriles is 1. The number of para-hydroxylation sites is 3. The number of hydrogen-bond acceptors (Lipinski definition) is 3. The zero-order valence-corrected chi connectivity index (χ0v) is 45.7. The molecule has 1 aliphatic heterocycles. The Hall–Kier alpha value is -10.1. The van der Waals surface area contributed by atoms with Crippen LogP contribution in [0.2, 0.25) is 0 Å². The minimum absolute atomic E-state index is 0.125. The molecule has 0 spiro atoms. The van der Waals surface area contributed by atoms with Crippen LogP contribution in [-0.2, 0) is 11.8 Å². The Bertz CT molecular complexity index is 5480. The van der Waals surface area contributed by atoms with Gasteiger partial charge in [-0.2, -0.15) is 5.26 Å². The Morgan fingerprint density at radius 3 is 1.93 bits per heavy atom. The molecule has 0 radical (unpaired) electrons. The van der Waals surface area contributed by atoms with Crippen LogP contribution < -0.4 is 9.30 Å². The summed E-state index contributed by atoms with van der Waals surface area (Å²) >= 11 is 0. The van der Waals surface area contributed by atoms with E-state index in [1.165, 1.54) is 0 Å². The molecule has 0 N–H and O–H groups in total. The second-order valence-corrected chi connectivity index (χ2v) is 22.4. The van der Waals surface area contributed by atoms with E-state index in [1.807, 2.05) is 121 Å². The molecule has 14 rings (SSSR count). The van der Waals surface area contributed by atoms with E-state index in [-0.39, 0.29) is 22.4 Å². The molecule has 3 aromatic heterocycles. The molecular weight excluding hydrogens is 999 g/mol. The molecule has 0 fully saturated rings. The van der Waals surface area contributed by atoms with Crippen LogP contribution in [0.1, 0.15) is 78.8 Å². The van der Waals surface area contributed by atoms with Gasteiger partial charge >= 0.3 is 0 Å². The highest BCUT2D eigenvalue weighted by molar-refractivity contribution is 6.09. The molecule has 0 saturated heterocycles. The van der Waals surface area contributed by atoms with Crippen LogP contribution in [0, 0.1) is 23.1 Å². The minimum atomic E-state index is -1.71. The van der Waals surface area contributed by atoms with Crippen LogP contribution in [0.15, 0.2) is 236 Å². The lowest BCUT2D eigenvalue weighted by molar-refractivity contribution is -0.570. The van der Waals surface area contributed by atoms with Gasteiger partial charge in [0, 0.05) is 25.8 Å². The maximum absolute atomic E-state index is 10.9. The number of ether oxygens (including phenoxy) is 1. The summed E-state index contributed by atoms with van der Waals surface area (Å²) in [6, 6.07) is 40.1. The van der Waals surface area contributed by atoms with Crippen molar-refractivity contribution in [1.82, 2.24) is 14.1 Å². The zero-order valence-electron chi connectivity index (χ0n) is 60.7. The highest BCUT2D eigenvalue weighted by Gasteiger charge is 2.29. The van der Waals surface area contributed by atoms with Crippen molar-refractivity contribution in [3.05, 3.63) is 259 Å². The van der Waals surface area contributed by atoms with Crippen LogP contribution >= 0.6 is 0 Å². The van der Waals surface area contributed by atoms with Gasteiger partial charge in [0.2, 0.25) is 0 Å². The summed E-state index contributed by atoms with van der Waals surface area (Å²) in [5, 5.41) is 12.8. The fraction of sp³-hybridized carbons (Fsp3) is 0.118. The molecule has 10 aromatic carbocycles.